The summed E-state index contributed by atoms with van der Waals surface area (Å²) in [6.07, 6.45) is -0.598. The first-order chi connectivity index (χ1) is 13.1. The Morgan fingerprint density at radius 2 is 1.78 bits per heavy atom. The van der Waals surface area contributed by atoms with Gasteiger partial charge in [-0.05, 0) is 11.6 Å². The Hall–Kier alpha value is -3.26. The van der Waals surface area contributed by atoms with Crippen LogP contribution in [0.2, 0.25) is 0 Å². The third-order valence-electron chi connectivity index (χ3n) is 3.60. The number of nitrogens with zero attached hydrogens (tertiary/aromatic N) is 1. The molecule has 8 heteroatoms. The second-order valence-electron chi connectivity index (χ2n) is 5.46. The number of carbonyl (C=O) groups excluding carboxylic acids is 2. The van der Waals surface area contributed by atoms with E-state index < -0.39 is 12.0 Å². The molecule has 138 valence electrons. The molecule has 2 N–H and O–H groups in total. The van der Waals surface area contributed by atoms with Crippen molar-refractivity contribution < 1.29 is 18.7 Å². The fourth-order valence-corrected chi connectivity index (χ4v) is 3.06. The molecule has 1 heterocycles. The van der Waals surface area contributed by atoms with E-state index in [2.05, 4.69) is 15.8 Å². The van der Waals surface area contributed by atoms with Crippen molar-refractivity contribution in [3.05, 3.63) is 77.1 Å². The molecule has 2 aromatic carbocycles. The van der Waals surface area contributed by atoms with Gasteiger partial charge in [0.2, 0.25) is 0 Å². The van der Waals surface area contributed by atoms with E-state index in [1.54, 1.807) is 23.6 Å². The second kappa shape index (κ2) is 8.91. The number of hydrazine groups is 1. The number of rotatable bonds is 5. The van der Waals surface area contributed by atoms with Crippen LogP contribution in [-0.2, 0) is 11.2 Å². The van der Waals surface area contributed by atoms with E-state index in [1.165, 1.54) is 17.4 Å². The van der Waals surface area contributed by atoms with Gasteiger partial charge in [0.1, 0.15) is 16.5 Å². The first-order valence-corrected chi connectivity index (χ1v) is 8.99. The van der Waals surface area contributed by atoms with Crippen molar-refractivity contribution in [1.29, 1.82) is 0 Å². The summed E-state index contributed by atoms with van der Waals surface area (Å²) in [6, 6.07) is 15.7. The summed E-state index contributed by atoms with van der Waals surface area (Å²) < 4.78 is 18.4. The number of hydrogen-bond donors (Lipinski definition) is 2. The summed E-state index contributed by atoms with van der Waals surface area (Å²) in [5.74, 6) is -0.910. The van der Waals surface area contributed by atoms with E-state index in [4.69, 9.17) is 4.74 Å². The predicted octanol–water partition coefficient (Wildman–Crippen LogP) is 3.56. The lowest BCUT2D eigenvalue weighted by Crippen LogP contribution is -2.42. The van der Waals surface area contributed by atoms with Crippen LogP contribution in [0.1, 0.15) is 16.1 Å². The molecule has 0 aliphatic heterocycles. The number of ether oxygens (including phenoxy) is 1. The Labute approximate surface area is 159 Å². The van der Waals surface area contributed by atoms with Gasteiger partial charge in [0.25, 0.3) is 5.91 Å². The number of nitrogens with one attached hydrogen (secondary N) is 2. The summed E-state index contributed by atoms with van der Waals surface area (Å²) in [7, 11) is 0. The molecule has 0 spiro atoms. The van der Waals surface area contributed by atoms with Crippen LogP contribution in [0.3, 0.4) is 0 Å². The SMILES string of the molecule is O=C(NNC(=O)c1csc(-c2ccccc2)n1)OCCc1ccccc1F. The van der Waals surface area contributed by atoms with Crippen molar-refractivity contribution >= 4 is 23.3 Å². The molecule has 6 nitrogen and oxygen atoms in total. The van der Waals surface area contributed by atoms with Gasteiger partial charge >= 0.3 is 6.09 Å². The summed E-state index contributed by atoms with van der Waals surface area (Å²) in [5.41, 5.74) is 5.91. The minimum atomic E-state index is -0.835. The first kappa shape index (κ1) is 18.5. The average molecular weight is 385 g/mol. The third kappa shape index (κ3) is 5.11. The molecule has 1 aromatic heterocycles. The average Bonchev–Trinajstić information content (AvgIpc) is 3.19. The molecule has 0 saturated carbocycles. The molecule has 27 heavy (non-hydrogen) atoms. The van der Waals surface area contributed by atoms with Crippen molar-refractivity contribution in [1.82, 2.24) is 15.8 Å². The number of halogens is 1. The van der Waals surface area contributed by atoms with Crippen molar-refractivity contribution in [2.24, 2.45) is 0 Å². The standard InChI is InChI=1S/C19H16FN3O3S/c20-15-9-5-4-6-13(15)10-11-26-19(25)23-22-17(24)16-12-27-18(21-16)14-7-2-1-3-8-14/h1-9,12H,10-11H2,(H,22,24)(H,23,25). The maximum absolute atomic E-state index is 13.5. The summed E-state index contributed by atoms with van der Waals surface area (Å²) in [5, 5.41) is 2.30. The zero-order valence-electron chi connectivity index (χ0n) is 14.1. The van der Waals surface area contributed by atoms with Crippen LogP contribution in [-0.4, -0.2) is 23.6 Å². The van der Waals surface area contributed by atoms with E-state index in [9.17, 15) is 14.0 Å². The highest BCUT2D eigenvalue weighted by Gasteiger charge is 2.13. The fraction of sp³-hybridized carbons (Fsp3) is 0.105. The van der Waals surface area contributed by atoms with Gasteiger partial charge in [0, 0.05) is 17.4 Å². The molecular weight excluding hydrogens is 369 g/mol. The zero-order valence-corrected chi connectivity index (χ0v) is 15.0. The molecule has 0 unspecified atom stereocenters. The number of hydrogen-bond acceptors (Lipinski definition) is 5. The van der Waals surface area contributed by atoms with Gasteiger partial charge < -0.3 is 4.74 Å². The van der Waals surface area contributed by atoms with Crippen LogP contribution in [0.25, 0.3) is 10.6 Å². The Bertz CT molecular complexity index is 931. The van der Waals surface area contributed by atoms with E-state index in [0.29, 0.717) is 10.6 Å². The lowest BCUT2D eigenvalue weighted by atomic mass is 10.1. The van der Waals surface area contributed by atoms with Crippen LogP contribution in [0.15, 0.2) is 60.0 Å². The van der Waals surface area contributed by atoms with Crippen LogP contribution in [0.4, 0.5) is 9.18 Å². The Morgan fingerprint density at radius 1 is 1.04 bits per heavy atom. The fourth-order valence-electron chi connectivity index (χ4n) is 2.25. The number of thiazole rings is 1. The quantitative estimate of drug-likeness (QED) is 0.658. The Kier molecular flexibility index (Phi) is 6.11. The van der Waals surface area contributed by atoms with E-state index in [1.807, 2.05) is 30.3 Å². The lowest BCUT2D eigenvalue weighted by molar-refractivity contribution is 0.0906. The van der Waals surface area contributed by atoms with Crippen LogP contribution in [0.5, 0.6) is 0 Å². The zero-order chi connectivity index (χ0) is 19.1. The lowest BCUT2D eigenvalue weighted by Gasteiger charge is -2.08. The maximum atomic E-state index is 13.5. The minimum Gasteiger partial charge on any atom is -0.448 e. The number of aromatic nitrogens is 1. The highest BCUT2D eigenvalue weighted by atomic mass is 32.1. The molecule has 0 aliphatic rings. The monoisotopic (exact) mass is 385 g/mol. The molecule has 0 bridgehead atoms. The molecule has 0 saturated heterocycles. The molecule has 0 aliphatic carbocycles. The second-order valence-corrected chi connectivity index (χ2v) is 6.32. The topological polar surface area (TPSA) is 80.3 Å². The predicted molar refractivity (Wildman–Crippen MR) is 99.6 cm³/mol. The van der Waals surface area contributed by atoms with Gasteiger partial charge in [-0.25, -0.2) is 19.6 Å². The van der Waals surface area contributed by atoms with Crippen molar-refractivity contribution in [2.45, 2.75) is 6.42 Å². The van der Waals surface area contributed by atoms with E-state index in [-0.39, 0.29) is 24.5 Å². The Balaban J connectivity index is 1.44. The largest absolute Gasteiger partial charge is 0.448 e. The molecule has 0 radical (unpaired) electrons. The van der Waals surface area contributed by atoms with Gasteiger partial charge in [-0.2, -0.15) is 0 Å². The first-order valence-electron chi connectivity index (χ1n) is 8.11. The van der Waals surface area contributed by atoms with Crippen LogP contribution >= 0.6 is 11.3 Å². The summed E-state index contributed by atoms with van der Waals surface area (Å²) in [6.45, 7) is -0.0164. The normalized spacial score (nSPS) is 10.3. The van der Waals surface area contributed by atoms with Gasteiger partial charge in [0.15, 0.2) is 0 Å². The van der Waals surface area contributed by atoms with Crippen molar-refractivity contribution in [3.63, 3.8) is 0 Å². The van der Waals surface area contributed by atoms with E-state index >= 15 is 0 Å². The molecule has 3 rings (SSSR count). The number of carbonyl (C=O) groups is 2. The van der Waals surface area contributed by atoms with Crippen LogP contribution < -0.4 is 10.9 Å². The highest BCUT2D eigenvalue weighted by Crippen LogP contribution is 2.23. The summed E-state index contributed by atoms with van der Waals surface area (Å²) in [4.78, 5) is 27.9. The van der Waals surface area contributed by atoms with Gasteiger partial charge in [0.05, 0.1) is 6.61 Å². The third-order valence-corrected chi connectivity index (χ3v) is 4.49. The number of amides is 2. The van der Waals surface area contributed by atoms with Gasteiger partial charge in [-0.3, -0.25) is 10.2 Å². The van der Waals surface area contributed by atoms with Crippen LogP contribution in [0, 0.1) is 5.82 Å². The minimum absolute atomic E-state index is 0.0164. The van der Waals surface area contributed by atoms with Gasteiger partial charge in [-0.15, -0.1) is 11.3 Å². The van der Waals surface area contributed by atoms with Crippen molar-refractivity contribution in [3.8, 4) is 10.6 Å². The molecular formula is C19H16FN3O3S. The number of benzene rings is 2. The summed E-state index contributed by atoms with van der Waals surface area (Å²) >= 11 is 1.33. The highest BCUT2D eigenvalue weighted by molar-refractivity contribution is 7.13. The van der Waals surface area contributed by atoms with Crippen molar-refractivity contribution in [2.75, 3.05) is 6.61 Å². The van der Waals surface area contributed by atoms with E-state index in [0.717, 1.165) is 5.56 Å². The molecule has 2 amide bonds. The molecule has 0 fully saturated rings. The smallest absolute Gasteiger partial charge is 0.426 e. The molecule has 3 aromatic rings. The maximum Gasteiger partial charge on any atom is 0.426 e. The Morgan fingerprint density at radius 3 is 2.56 bits per heavy atom. The molecule has 0 atom stereocenters. The van der Waals surface area contributed by atoms with Gasteiger partial charge in [-0.1, -0.05) is 48.5 Å².